The van der Waals surface area contributed by atoms with E-state index in [9.17, 15) is 5.11 Å². The Balaban J connectivity index is 1.85. The van der Waals surface area contributed by atoms with Crippen molar-refractivity contribution in [3.8, 4) is 11.1 Å². The largest absolute Gasteiger partial charge is 0.386 e. The van der Waals surface area contributed by atoms with E-state index in [1.807, 2.05) is 52.1 Å². The minimum Gasteiger partial charge on any atom is -0.386 e. The second-order valence-corrected chi connectivity index (χ2v) is 8.62. The summed E-state index contributed by atoms with van der Waals surface area (Å²) < 4.78 is 7.67. The number of rotatable bonds is 4. The maximum atomic E-state index is 10.9. The van der Waals surface area contributed by atoms with Crippen LogP contribution in [0, 0.1) is 13.8 Å². The topological polar surface area (TPSA) is 64.1 Å². The van der Waals surface area contributed by atoms with Gasteiger partial charge in [-0.25, -0.2) is 0 Å². The van der Waals surface area contributed by atoms with E-state index in [0.717, 1.165) is 50.1 Å². The molecule has 5 rings (SSSR count). The fourth-order valence-electron chi connectivity index (χ4n) is 4.47. The lowest BCUT2D eigenvalue weighted by Crippen LogP contribution is -2.15. The summed E-state index contributed by atoms with van der Waals surface area (Å²) in [5.41, 5.74) is 6.87. The van der Waals surface area contributed by atoms with Gasteiger partial charge in [0.15, 0.2) is 0 Å². The smallest absolute Gasteiger partial charge is 0.141 e. The highest BCUT2D eigenvalue weighted by atomic mass is 16.5. The van der Waals surface area contributed by atoms with E-state index in [1.54, 1.807) is 0 Å². The number of pyridine rings is 1. The van der Waals surface area contributed by atoms with Crippen LogP contribution in [0.1, 0.15) is 36.4 Å². The Bertz CT molecular complexity index is 1390. The monoisotopic (exact) mass is 411 g/mol. The molecule has 0 radical (unpaired) electrons. The van der Waals surface area contributed by atoms with Crippen molar-refractivity contribution in [1.29, 1.82) is 0 Å². The average Bonchev–Trinajstić information content (AvgIpc) is 3.24. The van der Waals surface area contributed by atoms with Crippen LogP contribution in [0.15, 0.2) is 65.3 Å². The van der Waals surface area contributed by atoms with Crippen molar-refractivity contribution in [2.45, 2.75) is 39.8 Å². The van der Waals surface area contributed by atoms with Gasteiger partial charge in [-0.15, -0.1) is 0 Å². The SMILES string of the molecule is Cc1noc(C)c1-c1cnc2c3c(C(C)(C)O)cccc3n(Cc3ccccc3)c2c1. The molecule has 0 atom stereocenters. The summed E-state index contributed by atoms with van der Waals surface area (Å²) in [6.07, 6.45) is 1.88. The predicted molar refractivity (Wildman–Crippen MR) is 123 cm³/mol. The maximum Gasteiger partial charge on any atom is 0.141 e. The summed E-state index contributed by atoms with van der Waals surface area (Å²) in [4.78, 5) is 4.88. The number of aromatic nitrogens is 3. The third-order valence-corrected chi connectivity index (χ3v) is 5.89. The lowest BCUT2D eigenvalue weighted by atomic mass is 9.94. The van der Waals surface area contributed by atoms with Crippen LogP contribution in [-0.4, -0.2) is 19.8 Å². The number of benzene rings is 2. The molecule has 0 aliphatic carbocycles. The minimum atomic E-state index is -0.979. The maximum absolute atomic E-state index is 10.9. The molecular formula is C26H25N3O2. The molecule has 0 fully saturated rings. The number of hydrogen-bond acceptors (Lipinski definition) is 4. The molecule has 5 nitrogen and oxygen atoms in total. The Hall–Kier alpha value is -3.44. The molecule has 0 aliphatic rings. The number of hydrogen-bond donors (Lipinski definition) is 1. The highest BCUT2D eigenvalue weighted by Gasteiger charge is 2.24. The van der Waals surface area contributed by atoms with Gasteiger partial charge >= 0.3 is 0 Å². The Morgan fingerprint density at radius 2 is 1.77 bits per heavy atom. The first-order chi connectivity index (χ1) is 14.8. The number of aliphatic hydroxyl groups is 1. The summed E-state index contributed by atoms with van der Waals surface area (Å²) >= 11 is 0. The van der Waals surface area contributed by atoms with Crippen molar-refractivity contribution >= 4 is 21.9 Å². The molecule has 2 aromatic carbocycles. The molecule has 3 aromatic heterocycles. The first kappa shape index (κ1) is 19.5. The Kier molecular flexibility index (Phi) is 4.45. The molecule has 0 saturated heterocycles. The van der Waals surface area contributed by atoms with E-state index in [1.165, 1.54) is 5.56 Å². The molecule has 3 heterocycles. The van der Waals surface area contributed by atoms with Gasteiger partial charge in [-0.3, -0.25) is 4.98 Å². The summed E-state index contributed by atoms with van der Waals surface area (Å²) in [7, 11) is 0. The highest BCUT2D eigenvalue weighted by Crippen LogP contribution is 2.38. The van der Waals surface area contributed by atoms with Gasteiger partial charge in [0.05, 0.1) is 27.8 Å². The molecule has 5 aromatic rings. The number of nitrogens with zero attached hydrogens (tertiary/aromatic N) is 3. The lowest BCUT2D eigenvalue weighted by molar-refractivity contribution is 0.0802. The van der Waals surface area contributed by atoms with Gasteiger partial charge in [0.25, 0.3) is 0 Å². The molecule has 0 spiro atoms. The van der Waals surface area contributed by atoms with Gasteiger partial charge in [0, 0.05) is 29.3 Å². The zero-order valence-corrected chi connectivity index (χ0v) is 18.2. The van der Waals surface area contributed by atoms with E-state index in [-0.39, 0.29) is 0 Å². The first-order valence-electron chi connectivity index (χ1n) is 10.5. The summed E-state index contributed by atoms with van der Waals surface area (Å²) in [5, 5.41) is 16.0. The quantitative estimate of drug-likeness (QED) is 0.410. The molecule has 0 amide bonds. The van der Waals surface area contributed by atoms with E-state index in [2.05, 4.69) is 46.1 Å². The zero-order chi connectivity index (χ0) is 21.8. The van der Waals surface area contributed by atoms with Crippen LogP contribution in [0.2, 0.25) is 0 Å². The van der Waals surface area contributed by atoms with E-state index < -0.39 is 5.60 Å². The van der Waals surface area contributed by atoms with E-state index in [0.29, 0.717) is 6.54 Å². The average molecular weight is 412 g/mol. The number of fused-ring (bicyclic) bond motifs is 3. The molecule has 0 bridgehead atoms. The predicted octanol–water partition coefficient (Wildman–Crippen LogP) is 5.74. The summed E-state index contributed by atoms with van der Waals surface area (Å²) in [6.45, 7) is 8.22. The normalized spacial score (nSPS) is 12.2. The Labute approximate surface area is 180 Å². The summed E-state index contributed by atoms with van der Waals surface area (Å²) in [6, 6.07) is 18.6. The lowest BCUT2D eigenvalue weighted by Gasteiger charge is -2.19. The van der Waals surface area contributed by atoms with Crippen molar-refractivity contribution in [2.75, 3.05) is 0 Å². The highest BCUT2D eigenvalue weighted by molar-refractivity contribution is 6.08. The van der Waals surface area contributed by atoms with Crippen LogP contribution in [0.4, 0.5) is 0 Å². The molecule has 0 saturated carbocycles. The Morgan fingerprint density at radius 1 is 1.00 bits per heavy atom. The van der Waals surface area contributed by atoms with Crippen molar-refractivity contribution in [3.63, 3.8) is 0 Å². The van der Waals surface area contributed by atoms with Crippen LogP contribution in [0.25, 0.3) is 33.1 Å². The molecule has 0 aliphatic heterocycles. The standard InChI is InChI=1S/C26H25N3O2/c1-16-23(17(2)31-28-16)19-13-22-25(27-14-19)24-20(26(3,4)30)11-8-12-21(24)29(22)15-18-9-6-5-7-10-18/h5-14,30H,15H2,1-4H3. The van der Waals surface area contributed by atoms with Crippen molar-refractivity contribution in [2.24, 2.45) is 0 Å². The Morgan fingerprint density at radius 3 is 2.45 bits per heavy atom. The first-order valence-corrected chi connectivity index (χ1v) is 10.5. The molecule has 5 heteroatoms. The van der Waals surface area contributed by atoms with Gasteiger partial charge in [-0.1, -0.05) is 47.6 Å². The molecule has 1 N–H and O–H groups in total. The van der Waals surface area contributed by atoms with Crippen LogP contribution in [-0.2, 0) is 12.1 Å². The van der Waals surface area contributed by atoms with Crippen LogP contribution < -0.4 is 0 Å². The molecule has 0 unspecified atom stereocenters. The van der Waals surface area contributed by atoms with Crippen LogP contribution >= 0.6 is 0 Å². The molecule has 31 heavy (non-hydrogen) atoms. The number of aryl methyl sites for hydroxylation is 2. The minimum absolute atomic E-state index is 0.711. The van der Waals surface area contributed by atoms with Crippen molar-refractivity contribution in [3.05, 3.63) is 83.4 Å². The van der Waals surface area contributed by atoms with Crippen LogP contribution in [0.5, 0.6) is 0 Å². The van der Waals surface area contributed by atoms with Crippen molar-refractivity contribution < 1.29 is 9.63 Å². The third-order valence-electron chi connectivity index (χ3n) is 5.89. The van der Waals surface area contributed by atoms with Gasteiger partial charge in [0.2, 0.25) is 0 Å². The van der Waals surface area contributed by atoms with E-state index >= 15 is 0 Å². The second-order valence-electron chi connectivity index (χ2n) is 8.62. The van der Waals surface area contributed by atoms with Gasteiger partial charge < -0.3 is 14.2 Å². The van der Waals surface area contributed by atoms with Gasteiger partial charge in [-0.2, -0.15) is 0 Å². The molecular weight excluding hydrogens is 386 g/mol. The fourth-order valence-corrected chi connectivity index (χ4v) is 4.47. The van der Waals surface area contributed by atoms with Gasteiger partial charge in [0.1, 0.15) is 5.76 Å². The third kappa shape index (κ3) is 3.22. The van der Waals surface area contributed by atoms with Crippen LogP contribution in [0.3, 0.4) is 0 Å². The zero-order valence-electron chi connectivity index (χ0n) is 18.2. The van der Waals surface area contributed by atoms with Gasteiger partial charge in [-0.05, 0) is 51.0 Å². The summed E-state index contributed by atoms with van der Waals surface area (Å²) in [5.74, 6) is 0.779. The van der Waals surface area contributed by atoms with E-state index in [4.69, 9.17) is 9.51 Å². The van der Waals surface area contributed by atoms with Crippen molar-refractivity contribution in [1.82, 2.24) is 14.7 Å². The fraction of sp³-hybridized carbons (Fsp3) is 0.231. The second kappa shape index (κ2) is 7.06. The molecule has 156 valence electrons.